The zero-order valence-corrected chi connectivity index (χ0v) is 12.8. The maximum Gasteiger partial charge on any atom is 0.419 e. The molecule has 1 aromatic carbocycles. The minimum absolute atomic E-state index is 0.0677. The fraction of sp³-hybridized carbons (Fsp3) is 0.389. The first-order chi connectivity index (χ1) is 11.0. The fourth-order valence-electron chi connectivity index (χ4n) is 3.17. The van der Waals surface area contributed by atoms with Crippen molar-refractivity contribution < 1.29 is 13.2 Å². The maximum absolute atomic E-state index is 13.1. The Bertz CT molecular complexity index is 632. The molecule has 2 nitrogen and oxygen atoms in total. The normalized spacial score (nSPS) is 16.6. The van der Waals surface area contributed by atoms with E-state index in [0.717, 1.165) is 25.3 Å². The van der Waals surface area contributed by atoms with Crippen molar-refractivity contribution in [3.8, 4) is 0 Å². The molecule has 23 heavy (non-hydrogen) atoms. The van der Waals surface area contributed by atoms with Crippen LogP contribution in [0.4, 0.5) is 19.0 Å². The molecule has 2 aromatic rings. The third-order valence-corrected chi connectivity index (χ3v) is 4.37. The number of hydrogen-bond acceptors (Lipinski definition) is 2. The van der Waals surface area contributed by atoms with Gasteiger partial charge in [0.25, 0.3) is 0 Å². The Morgan fingerprint density at radius 1 is 1.00 bits per heavy atom. The summed E-state index contributed by atoms with van der Waals surface area (Å²) in [5.41, 5.74) is 0.654. The van der Waals surface area contributed by atoms with Crippen LogP contribution >= 0.6 is 0 Å². The summed E-state index contributed by atoms with van der Waals surface area (Å²) >= 11 is 0. The first-order valence-corrected chi connectivity index (χ1v) is 7.85. The molecule has 2 heterocycles. The van der Waals surface area contributed by atoms with Crippen LogP contribution in [0.15, 0.2) is 48.7 Å². The average molecular weight is 320 g/mol. The molecule has 1 saturated heterocycles. The van der Waals surface area contributed by atoms with Gasteiger partial charge in [-0.05, 0) is 42.9 Å². The largest absolute Gasteiger partial charge is 0.419 e. The Morgan fingerprint density at radius 2 is 1.70 bits per heavy atom. The smallest absolute Gasteiger partial charge is 0.356 e. The average Bonchev–Trinajstić information content (AvgIpc) is 2.56. The Hall–Kier alpha value is -2.04. The van der Waals surface area contributed by atoms with Gasteiger partial charge in [-0.2, -0.15) is 13.2 Å². The van der Waals surface area contributed by atoms with E-state index in [2.05, 4.69) is 17.1 Å². The van der Waals surface area contributed by atoms with Crippen LogP contribution in [0, 0.1) is 5.92 Å². The van der Waals surface area contributed by atoms with E-state index in [0.29, 0.717) is 19.0 Å². The molecule has 0 N–H and O–H groups in total. The molecule has 0 radical (unpaired) electrons. The highest BCUT2D eigenvalue weighted by atomic mass is 19.4. The van der Waals surface area contributed by atoms with Gasteiger partial charge in [0.2, 0.25) is 0 Å². The number of nitrogens with zero attached hydrogens (tertiary/aromatic N) is 2. The number of aromatic nitrogens is 1. The van der Waals surface area contributed by atoms with Gasteiger partial charge in [-0.3, -0.25) is 0 Å². The number of benzene rings is 1. The van der Waals surface area contributed by atoms with Crippen LogP contribution in [0.5, 0.6) is 0 Å². The zero-order valence-electron chi connectivity index (χ0n) is 12.8. The van der Waals surface area contributed by atoms with E-state index in [1.165, 1.54) is 17.8 Å². The molecule has 5 heteroatoms. The second kappa shape index (κ2) is 6.60. The number of anilines is 1. The number of pyridine rings is 1. The molecule has 1 aromatic heterocycles. The van der Waals surface area contributed by atoms with Crippen LogP contribution in [0.25, 0.3) is 0 Å². The quantitative estimate of drug-likeness (QED) is 0.824. The predicted octanol–water partition coefficient (Wildman–Crippen LogP) is 4.56. The van der Waals surface area contributed by atoms with Crippen LogP contribution < -0.4 is 4.90 Å². The van der Waals surface area contributed by atoms with Crippen LogP contribution in [-0.4, -0.2) is 18.1 Å². The van der Waals surface area contributed by atoms with E-state index < -0.39 is 11.7 Å². The molecular weight excluding hydrogens is 301 g/mol. The van der Waals surface area contributed by atoms with Crippen molar-refractivity contribution in [2.24, 2.45) is 5.92 Å². The van der Waals surface area contributed by atoms with Gasteiger partial charge in [-0.15, -0.1) is 0 Å². The third kappa shape index (κ3) is 3.84. The van der Waals surface area contributed by atoms with Crippen molar-refractivity contribution >= 4 is 5.82 Å². The molecule has 0 amide bonds. The van der Waals surface area contributed by atoms with Crippen molar-refractivity contribution in [1.82, 2.24) is 4.98 Å². The van der Waals surface area contributed by atoms with Gasteiger partial charge in [-0.1, -0.05) is 30.3 Å². The second-order valence-corrected chi connectivity index (χ2v) is 5.99. The summed E-state index contributed by atoms with van der Waals surface area (Å²) in [6.07, 6.45) is -0.153. The van der Waals surface area contributed by atoms with Crippen molar-refractivity contribution in [1.29, 1.82) is 0 Å². The maximum atomic E-state index is 13.1. The zero-order chi connectivity index (χ0) is 16.3. The van der Waals surface area contributed by atoms with Crippen LogP contribution in [0.3, 0.4) is 0 Å². The lowest BCUT2D eigenvalue weighted by molar-refractivity contribution is -0.137. The topological polar surface area (TPSA) is 16.1 Å². The first-order valence-electron chi connectivity index (χ1n) is 7.85. The molecule has 122 valence electrons. The van der Waals surface area contributed by atoms with Gasteiger partial charge in [0.15, 0.2) is 0 Å². The van der Waals surface area contributed by atoms with E-state index in [-0.39, 0.29) is 5.82 Å². The summed E-state index contributed by atoms with van der Waals surface area (Å²) < 4.78 is 39.3. The standard InChI is InChI=1S/C18H19F3N2/c19-18(20,21)16-7-4-10-22-17(16)23-11-8-15(9-12-23)13-14-5-2-1-3-6-14/h1-7,10,15H,8-9,11-13H2. The molecule has 0 spiro atoms. The number of halogens is 3. The van der Waals surface area contributed by atoms with Gasteiger partial charge in [0.05, 0.1) is 5.56 Å². The van der Waals surface area contributed by atoms with E-state index in [9.17, 15) is 13.2 Å². The van der Waals surface area contributed by atoms with Gasteiger partial charge >= 0.3 is 6.18 Å². The van der Waals surface area contributed by atoms with Gasteiger partial charge in [-0.25, -0.2) is 4.98 Å². The summed E-state index contributed by atoms with van der Waals surface area (Å²) in [5.74, 6) is 0.588. The molecular formula is C18H19F3N2. The lowest BCUT2D eigenvalue weighted by Gasteiger charge is -2.34. The van der Waals surface area contributed by atoms with Gasteiger partial charge in [0, 0.05) is 19.3 Å². The lowest BCUT2D eigenvalue weighted by Crippen LogP contribution is -2.36. The van der Waals surface area contributed by atoms with E-state index in [1.807, 2.05) is 18.2 Å². The second-order valence-electron chi connectivity index (χ2n) is 5.99. The molecule has 0 saturated carbocycles. The first kappa shape index (κ1) is 15.8. The SMILES string of the molecule is FC(F)(F)c1cccnc1N1CCC(Cc2ccccc2)CC1. The summed E-state index contributed by atoms with van der Waals surface area (Å²) in [5, 5.41) is 0. The molecule has 3 rings (SSSR count). The highest BCUT2D eigenvalue weighted by Crippen LogP contribution is 2.36. The molecule has 1 aliphatic rings. The Balaban J connectivity index is 1.66. The minimum atomic E-state index is -4.36. The minimum Gasteiger partial charge on any atom is -0.356 e. The fourth-order valence-corrected chi connectivity index (χ4v) is 3.17. The molecule has 0 aliphatic carbocycles. The molecule has 0 bridgehead atoms. The summed E-state index contributed by atoms with van der Waals surface area (Å²) in [7, 11) is 0. The number of alkyl halides is 3. The van der Waals surface area contributed by atoms with E-state index in [1.54, 1.807) is 4.90 Å². The van der Waals surface area contributed by atoms with Crippen LogP contribution in [0.2, 0.25) is 0 Å². The summed E-state index contributed by atoms with van der Waals surface area (Å²) in [6, 6.07) is 12.7. The Labute approximate surface area is 134 Å². The molecule has 0 unspecified atom stereocenters. The number of piperidine rings is 1. The van der Waals surface area contributed by atoms with Crippen molar-refractivity contribution in [2.45, 2.75) is 25.4 Å². The monoisotopic (exact) mass is 320 g/mol. The number of hydrogen-bond donors (Lipinski definition) is 0. The lowest BCUT2D eigenvalue weighted by atomic mass is 9.90. The molecule has 1 aliphatic heterocycles. The third-order valence-electron chi connectivity index (χ3n) is 4.37. The van der Waals surface area contributed by atoms with Crippen molar-refractivity contribution in [3.05, 3.63) is 59.8 Å². The Morgan fingerprint density at radius 3 is 2.35 bits per heavy atom. The van der Waals surface area contributed by atoms with Gasteiger partial charge < -0.3 is 4.90 Å². The summed E-state index contributed by atoms with van der Waals surface area (Å²) in [6.45, 7) is 1.25. The van der Waals surface area contributed by atoms with Crippen molar-refractivity contribution in [2.75, 3.05) is 18.0 Å². The summed E-state index contributed by atoms with van der Waals surface area (Å²) in [4.78, 5) is 5.75. The van der Waals surface area contributed by atoms with Gasteiger partial charge in [0.1, 0.15) is 5.82 Å². The highest BCUT2D eigenvalue weighted by molar-refractivity contribution is 5.48. The Kier molecular flexibility index (Phi) is 4.55. The predicted molar refractivity (Wildman–Crippen MR) is 84.3 cm³/mol. The van der Waals surface area contributed by atoms with E-state index in [4.69, 9.17) is 0 Å². The van der Waals surface area contributed by atoms with Crippen LogP contribution in [-0.2, 0) is 12.6 Å². The van der Waals surface area contributed by atoms with Crippen molar-refractivity contribution in [3.63, 3.8) is 0 Å². The van der Waals surface area contributed by atoms with E-state index >= 15 is 0 Å². The molecule has 0 atom stereocenters. The molecule has 1 fully saturated rings. The van der Waals surface area contributed by atoms with Crippen LogP contribution in [0.1, 0.15) is 24.0 Å². The number of rotatable bonds is 3. The highest BCUT2D eigenvalue weighted by Gasteiger charge is 2.36.